The van der Waals surface area contributed by atoms with E-state index in [2.05, 4.69) is 33.5 Å². The van der Waals surface area contributed by atoms with E-state index >= 15 is 4.39 Å². The van der Waals surface area contributed by atoms with Gasteiger partial charge in [0, 0.05) is 53.0 Å². The molecule has 7 amide bonds. The van der Waals surface area contributed by atoms with Crippen molar-refractivity contribution in [2.45, 2.75) is 89.5 Å². The molecule has 6 N–H and O–H groups in total. The number of cyclic esters (lactones) is 1. The largest absolute Gasteiger partial charge is 0.458 e. The van der Waals surface area contributed by atoms with Gasteiger partial charge in [0.1, 0.15) is 25.2 Å². The van der Waals surface area contributed by atoms with Gasteiger partial charge in [-0.1, -0.05) is 56.3 Å². The third-order valence-electron chi connectivity index (χ3n) is 14.9. The number of anilines is 1. The highest BCUT2D eigenvalue weighted by molar-refractivity contribution is 6.28. The number of aliphatic hydroxyl groups is 1. The fourth-order valence-electron chi connectivity index (χ4n) is 10.5. The summed E-state index contributed by atoms with van der Waals surface area (Å²) in [6.45, 7) is 4.16. The molecular weight excluding hydrogens is 1020 g/mol. The number of pyridine rings is 2. The highest BCUT2D eigenvalue weighted by Crippen LogP contribution is 2.49. The standard InChI is InChI=1S/C57H59FN8O13/c1-4-57(76)39-23-43-52-37(28-65(43)54(74)38(39)29-79-55(57)75)51-50-36(32(2)40(58)24-41(50)64-52)18-19-56(51,3)30-77-20-21-78-31-62-46(69)26-61-53(73)42(22-34-8-6-5-7-9-34)63-47(70)27-60-45(68)25-59-44(67)15-12-33-10-13-35(14-11-33)66-48(71)16-17-49(66)72/h5-11,13-14,16-17,23-24,42,76H,4,12,15,18-22,25-31H2,1-3H3,(H,59,67)(H,60,68)(H,61,73)(H,62,69)(H,63,70)/t42-,56-,57-/m0/s1. The van der Waals surface area contributed by atoms with Crippen molar-refractivity contribution >= 4 is 63.9 Å². The number of carbonyl (C=O) groups excluding carboxylic acids is 8. The molecule has 0 saturated heterocycles. The van der Waals surface area contributed by atoms with Gasteiger partial charge in [-0.3, -0.25) is 38.4 Å². The Morgan fingerprint density at radius 2 is 1.51 bits per heavy atom. The van der Waals surface area contributed by atoms with E-state index in [1.165, 1.54) is 18.2 Å². The molecule has 412 valence electrons. The molecule has 79 heavy (non-hydrogen) atoms. The first-order chi connectivity index (χ1) is 37.9. The number of fused-ring (bicyclic) bond motifs is 5. The van der Waals surface area contributed by atoms with Crippen LogP contribution in [0.3, 0.4) is 0 Å². The third kappa shape index (κ3) is 11.6. The molecule has 2 aromatic heterocycles. The Labute approximate surface area is 452 Å². The van der Waals surface area contributed by atoms with Gasteiger partial charge in [-0.15, -0.1) is 0 Å². The number of aromatic nitrogens is 2. The van der Waals surface area contributed by atoms with Gasteiger partial charge in [0.05, 0.1) is 74.2 Å². The second-order valence-electron chi connectivity index (χ2n) is 20.1. The third-order valence-corrected chi connectivity index (χ3v) is 14.9. The molecule has 0 bridgehead atoms. The van der Waals surface area contributed by atoms with E-state index < -0.39 is 95.4 Å². The van der Waals surface area contributed by atoms with Crippen LogP contribution in [0.2, 0.25) is 0 Å². The van der Waals surface area contributed by atoms with Gasteiger partial charge in [0.2, 0.25) is 29.5 Å². The molecule has 0 saturated carbocycles. The number of ether oxygens (including phenoxy) is 3. The van der Waals surface area contributed by atoms with Crippen molar-refractivity contribution in [3.05, 3.63) is 140 Å². The van der Waals surface area contributed by atoms with Crippen molar-refractivity contribution in [2.24, 2.45) is 0 Å². The van der Waals surface area contributed by atoms with Crippen molar-refractivity contribution in [3.8, 4) is 11.4 Å². The van der Waals surface area contributed by atoms with Crippen molar-refractivity contribution in [1.82, 2.24) is 36.1 Å². The van der Waals surface area contributed by atoms with Gasteiger partial charge < -0.3 is 50.5 Å². The Morgan fingerprint density at radius 1 is 0.823 bits per heavy atom. The quantitative estimate of drug-likeness (QED) is 0.0246. The molecular formula is C57H59FN8O13. The molecule has 1 aliphatic carbocycles. The zero-order chi connectivity index (χ0) is 56.2. The molecule has 0 radical (unpaired) electrons. The average molecular weight is 1080 g/mol. The van der Waals surface area contributed by atoms with Crippen LogP contribution in [0, 0.1) is 12.7 Å². The minimum absolute atomic E-state index is 0.0136. The Hall–Kier alpha value is -8.47. The van der Waals surface area contributed by atoms with Crippen LogP contribution >= 0.6 is 0 Å². The van der Waals surface area contributed by atoms with E-state index in [0.29, 0.717) is 53.0 Å². The fourth-order valence-corrected chi connectivity index (χ4v) is 10.5. The second kappa shape index (κ2) is 23.2. The predicted molar refractivity (Wildman–Crippen MR) is 282 cm³/mol. The Bertz CT molecular complexity index is 3380. The lowest BCUT2D eigenvalue weighted by atomic mass is 9.69. The summed E-state index contributed by atoms with van der Waals surface area (Å²) in [5, 5.41) is 24.8. The van der Waals surface area contributed by atoms with Crippen LogP contribution in [0.25, 0.3) is 22.3 Å². The Kier molecular flexibility index (Phi) is 16.3. The first kappa shape index (κ1) is 55.3. The van der Waals surface area contributed by atoms with E-state index in [1.807, 2.05) is 0 Å². The van der Waals surface area contributed by atoms with Crippen LogP contribution in [-0.2, 0) is 96.0 Å². The maximum absolute atomic E-state index is 15.5. The van der Waals surface area contributed by atoms with E-state index in [0.717, 1.165) is 32.5 Å². The summed E-state index contributed by atoms with van der Waals surface area (Å²) in [4.78, 5) is 121. The van der Waals surface area contributed by atoms with Gasteiger partial charge in [-0.05, 0) is 78.6 Å². The summed E-state index contributed by atoms with van der Waals surface area (Å²) in [6, 6.07) is 17.3. The molecule has 4 aliphatic rings. The molecule has 5 aromatic rings. The number of nitrogens with zero attached hydrogens (tertiary/aromatic N) is 3. The number of halogens is 1. The number of amides is 7. The maximum Gasteiger partial charge on any atom is 0.343 e. The number of hydrogen-bond acceptors (Lipinski definition) is 14. The summed E-state index contributed by atoms with van der Waals surface area (Å²) in [6.07, 6.45) is 3.92. The summed E-state index contributed by atoms with van der Waals surface area (Å²) in [7, 11) is 0. The first-order valence-corrected chi connectivity index (χ1v) is 25.9. The smallest absolute Gasteiger partial charge is 0.343 e. The molecule has 3 aliphatic heterocycles. The van der Waals surface area contributed by atoms with Crippen molar-refractivity contribution < 1.29 is 62.1 Å². The lowest BCUT2D eigenvalue weighted by Crippen LogP contribution is -2.52. The predicted octanol–water partition coefficient (Wildman–Crippen LogP) is 1.98. The first-order valence-electron chi connectivity index (χ1n) is 25.9. The minimum Gasteiger partial charge on any atom is -0.458 e. The SMILES string of the molecule is CC[C@@]1(O)C(=O)OCc2c1cc1n(c2=O)Cc2c-1nc1cc(F)c(C)c3c1c2[C@](C)(COCCOCNC(=O)CNC(=O)[C@H](Cc1ccccc1)NC(=O)CNC(=O)CNC(=O)CCc1ccc(N2C(=O)C=CC2=O)cc1)CC3. The van der Waals surface area contributed by atoms with Crippen LogP contribution in [0.4, 0.5) is 10.1 Å². The zero-order valence-electron chi connectivity index (χ0n) is 43.8. The number of nitrogens with one attached hydrogen (secondary N) is 5. The molecule has 0 unspecified atom stereocenters. The molecule has 5 heterocycles. The Morgan fingerprint density at radius 3 is 2.24 bits per heavy atom. The second-order valence-corrected chi connectivity index (χ2v) is 20.1. The van der Waals surface area contributed by atoms with E-state index in [-0.39, 0.29) is 70.1 Å². The van der Waals surface area contributed by atoms with E-state index in [1.54, 1.807) is 79.1 Å². The topological polar surface area (TPSA) is 283 Å². The van der Waals surface area contributed by atoms with Crippen molar-refractivity contribution in [2.75, 3.05) is 51.1 Å². The Balaban J connectivity index is 0.725. The zero-order valence-corrected chi connectivity index (χ0v) is 43.8. The number of rotatable bonds is 22. The minimum atomic E-state index is -2.01. The average Bonchev–Trinajstić information content (AvgIpc) is 3.21. The van der Waals surface area contributed by atoms with Crippen LogP contribution in [0.5, 0.6) is 0 Å². The molecule has 22 heteroatoms. The van der Waals surface area contributed by atoms with Crippen LogP contribution < -0.4 is 37.0 Å². The van der Waals surface area contributed by atoms with Crippen LogP contribution in [-0.4, -0.2) is 114 Å². The molecule has 21 nitrogen and oxygen atoms in total. The molecule has 3 aromatic carbocycles. The number of hydrogen-bond donors (Lipinski definition) is 6. The lowest BCUT2D eigenvalue weighted by Gasteiger charge is -2.37. The number of carbonyl (C=O) groups is 8. The van der Waals surface area contributed by atoms with Gasteiger partial charge in [0.15, 0.2) is 5.60 Å². The summed E-state index contributed by atoms with van der Waals surface area (Å²) >= 11 is 0. The number of esters is 1. The van der Waals surface area contributed by atoms with Crippen molar-refractivity contribution in [3.63, 3.8) is 0 Å². The number of aryl methyl sites for hydroxylation is 2. The van der Waals surface area contributed by atoms with Gasteiger partial charge in [0.25, 0.3) is 17.4 Å². The number of benzene rings is 3. The molecule has 9 rings (SSSR count). The molecule has 0 spiro atoms. The molecule has 0 fully saturated rings. The summed E-state index contributed by atoms with van der Waals surface area (Å²) in [5.74, 6) is -5.12. The molecule has 3 atom stereocenters. The van der Waals surface area contributed by atoms with Gasteiger partial charge in [-0.25, -0.2) is 19.1 Å². The summed E-state index contributed by atoms with van der Waals surface area (Å²) in [5.41, 5.74) is 3.51. The van der Waals surface area contributed by atoms with Gasteiger partial charge in [-0.2, -0.15) is 0 Å². The maximum atomic E-state index is 15.5. The highest BCUT2D eigenvalue weighted by atomic mass is 19.1. The monoisotopic (exact) mass is 1080 g/mol. The van der Waals surface area contributed by atoms with Gasteiger partial charge >= 0.3 is 5.97 Å². The lowest BCUT2D eigenvalue weighted by molar-refractivity contribution is -0.172. The summed E-state index contributed by atoms with van der Waals surface area (Å²) < 4.78 is 34.1. The van der Waals surface area contributed by atoms with E-state index in [9.17, 15) is 48.3 Å². The van der Waals surface area contributed by atoms with E-state index in [4.69, 9.17) is 19.2 Å². The fraction of sp³-hybridized carbons (Fsp3) is 0.368. The highest BCUT2D eigenvalue weighted by Gasteiger charge is 2.47. The van der Waals surface area contributed by atoms with Crippen molar-refractivity contribution in [1.29, 1.82) is 0 Å². The van der Waals surface area contributed by atoms with Crippen LogP contribution in [0.15, 0.2) is 83.7 Å². The number of imide groups is 1. The normalized spacial score (nSPS) is 18.1. The van der Waals surface area contributed by atoms with Crippen LogP contribution in [0.1, 0.15) is 77.6 Å².